The van der Waals surface area contributed by atoms with Crippen molar-refractivity contribution in [3.8, 4) is 0 Å². The number of aromatic nitrogens is 3. The maximum Gasteiger partial charge on any atom is 0.274 e. The van der Waals surface area contributed by atoms with Gasteiger partial charge in [0.25, 0.3) is 5.91 Å². The summed E-state index contributed by atoms with van der Waals surface area (Å²) in [5.74, 6) is 0.293. The fraction of sp³-hybridized carbons (Fsp3) is 0.533. The number of hydrogen-bond acceptors (Lipinski definition) is 4. The van der Waals surface area contributed by atoms with Gasteiger partial charge >= 0.3 is 0 Å². The molecule has 3 heterocycles. The topological polar surface area (TPSA) is 70.7 Å². The minimum Gasteiger partial charge on any atom is -0.389 e. The molecule has 6 nitrogen and oxygen atoms in total. The van der Waals surface area contributed by atoms with Crippen LogP contribution < -0.4 is 0 Å². The van der Waals surface area contributed by atoms with E-state index in [1.54, 1.807) is 21.7 Å². The Morgan fingerprint density at radius 1 is 1.36 bits per heavy atom. The molecule has 0 bridgehead atoms. The highest BCUT2D eigenvalue weighted by Crippen LogP contribution is 2.38. The van der Waals surface area contributed by atoms with Gasteiger partial charge in [0.15, 0.2) is 0 Å². The van der Waals surface area contributed by atoms with Crippen molar-refractivity contribution in [3.63, 3.8) is 0 Å². The Hall–Kier alpha value is -1.66. The molecule has 0 radical (unpaired) electrons. The molecule has 3 rings (SSSR count). The summed E-state index contributed by atoms with van der Waals surface area (Å²) in [6.07, 6.45) is 5.34. The maximum absolute atomic E-state index is 12.7. The standard InChI is InChI=1S/C15H19ClN4O2/c1-14(2)9-19(5-4-15(14,3)22)12(21)11-8-20-7-10(16)6-17-13(20)18-11/h6-8,22H,4-5,9H2,1-3H3/t15-/m1/s1. The molecule has 1 fully saturated rings. The van der Waals surface area contributed by atoms with Crippen molar-refractivity contribution in [1.82, 2.24) is 19.3 Å². The molecule has 22 heavy (non-hydrogen) atoms. The highest BCUT2D eigenvalue weighted by molar-refractivity contribution is 6.30. The lowest BCUT2D eigenvalue weighted by atomic mass is 9.71. The lowest BCUT2D eigenvalue weighted by molar-refractivity contribution is -0.0971. The average Bonchev–Trinajstić information content (AvgIpc) is 2.84. The number of rotatable bonds is 1. The lowest BCUT2D eigenvalue weighted by Crippen LogP contribution is -2.57. The van der Waals surface area contributed by atoms with E-state index in [1.807, 2.05) is 20.8 Å². The number of halogens is 1. The molecule has 0 aromatic carbocycles. The first-order chi connectivity index (χ1) is 10.2. The summed E-state index contributed by atoms with van der Waals surface area (Å²) in [6.45, 7) is 6.76. The molecule has 1 atom stereocenters. The average molecular weight is 323 g/mol. The first-order valence-electron chi connectivity index (χ1n) is 7.21. The predicted molar refractivity (Wildman–Crippen MR) is 82.9 cm³/mol. The first-order valence-corrected chi connectivity index (χ1v) is 7.59. The molecule has 2 aromatic rings. The minimum absolute atomic E-state index is 0.148. The van der Waals surface area contributed by atoms with Crippen LogP contribution in [0.5, 0.6) is 0 Å². The van der Waals surface area contributed by atoms with Gasteiger partial charge in [0.05, 0.1) is 16.8 Å². The fourth-order valence-electron chi connectivity index (χ4n) is 2.72. The highest BCUT2D eigenvalue weighted by Gasteiger charge is 2.45. The fourth-order valence-corrected chi connectivity index (χ4v) is 2.87. The number of nitrogens with zero attached hydrogens (tertiary/aromatic N) is 4. The maximum atomic E-state index is 12.7. The first kappa shape index (κ1) is 15.2. The number of piperidine rings is 1. The molecular formula is C15H19ClN4O2. The van der Waals surface area contributed by atoms with Gasteiger partial charge in [0.2, 0.25) is 5.78 Å². The quantitative estimate of drug-likeness (QED) is 0.872. The summed E-state index contributed by atoms with van der Waals surface area (Å²) in [7, 11) is 0. The molecule has 7 heteroatoms. The zero-order valence-corrected chi connectivity index (χ0v) is 13.6. The van der Waals surface area contributed by atoms with Crippen LogP contribution in [0.3, 0.4) is 0 Å². The van der Waals surface area contributed by atoms with Crippen LogP contribution in [0, 0.1) is 5.41 Å². The molecule has 0 aliphatic carbocycles. The Morgan fingerprint density at radius 2 is 2.09 bits per heavy atom. The van der Waals surface area contributed by atoms with E-state index in [0.717, 1.165) is 0 Å². The Morgan fingerprint density at radius 3 is 2.77 bits per heavy atom. The van der Waals surface area contributed by atoms with Crippen LogP contribution in [0.4, 0.5) is 0 Å². The second kappa shape index (κ2) is 4.93. The predicted octanol–water partition coefficient (Wildman–Crippen LogP) is 2.01. The van der Waals surface area contributed by atoms with E-state index in [1.165, 1.54) is 6.20 Å². The highest BCUT2D eigenvalue weighted by atomic mass is 35.5. The molecule has 1 amide bonds. The Balaban J connectivity index is 1.87. The van der Waals surface area contributed by atoms with E-state index in [4.69, 9.17) is 11.6 Å². The van der Waals surface area contributed by atoms with Gasteiger partial charge in [-0.05, 0) is 13.3 Å². The van der Waals surface area contributed by atoms with E-state index in [9.17, 15) is 9.90 Å². The second-order valence-electron chi connectivity index (χ2n) is 6.74. The molecule has 1 aliphatic heterocycles. The zero-order valence-electron chi connectivity index (χ0n) is 12.9. The molecule has 0 spiro atoms. The third-order valence-electron chi connectivity index (χ3n) is 4.70. The van der Waals surface area contributed by atoms with Crippen LogP contribution in [0.2, 0.25) is 5.02 Å². The van der Waals surface area contributed by atoms with Crippen LogP contribution >= 0.6 is 11.6 Å². The molecule has 0 unspecified atom stereocenters. The lowest BCUT2D eigenvalue weighted by Gasteiger charge is -2.48. The summed E-state index contributed by atoms with van der Waals surface area (Å²) < 4.78 is 1.64. The number of carbonyl (C=O) groups is 1. The van der Waals surface area contributed by atoms with Crippen LogP contribution in [0.25, 0.3) is 5.78 Å². The molecule has 0 saturated carbocycles. The van der Waals surface area contributed by atoms with Gasteiger partial charge in [-0.3, -0.25) is 9.20 Å². The number of imidazole rings is 1. The van der Waals surface area contributed by atoms with Gasteiger partial charge < -0.3 is 10.0 Å². The summed E-state index contributed by atoms with van der Waals surface area (Å²) in [6, 6.07) is 0. The number of hydrogen-bond donors (Lipinski definition) is 1. The van der Waals surface area contributed by atoms with Gasteiger partial charge in [-0.2, -0.15) is 0 Å². The largest absolute Gasteiger partial charge is 0.389 e. The third kappa shape index (κ3) is 2.46. The van der Waals surface area contributed by atoms with Crippen molar-refractivity contribution < 1.29 is 9.90 Å². The van der Waals surface area contributed by atoms with Gasteiger partial charge in [-0.15, -0.1) is 0 Å². The molecule has 118 valence electrons. The second-order valence-corrected chi connectivity index (χ2v) is 7.18. The number of amides is 1. The zero-order chi connectivity index (χ0) is 16.1. The molecule has 1 saturated heterocycles. The molecular weight excluding hydrogens is 304 g/mol. The Kier molecular flexibility index (Phi) is 3.41. The van der Waals surface area contributed by atoms with Crippen LogP contribution in [-0.4, -0.2) is 49.0 Å². The van der Waals surface area contributed by atoms with Gasteiger partial charge in [-0.1, -0.05) is 25.4 Å². The van der Waals surface area contributed by atoms with Crippen molar-refractivity contribution in [2.24, 2.45) is 5.41 Å². The summed E-state index contributed by atoms with van der Waals surface area (Å²) in [4.78, 5) is 22.7. The molecule has 1 N–H and O–H groups in total. The van der Waals surface area contributed by atoms with Crippen molar-refractivity contribution in [2.75, 3.05) is 13.1 Å². The van der Waals surface area contributed by atoms with Gasteiger partial charge in [0.1, 0.15) is 5.69 Å². The Bertz CT molecular complexity index is 738. The monoisotopic (exact) mass is 322 g/mol. The molecule has 1 aliphatic rings. The van der Waals surface area contributed by atoms with E-state index in [2.05, 4.69) is 9.97 Å². The van der Waals surface area contributed by atoms with Crippen molar-refractivity contribution in [2.45, 2.75) is 32.8 Å². The smallest absolute Gasteiger partial charge is 0.274 e. The summed E-state index contributed by atoms with van der Waals surface area (Å²) >= 11 is 5.89. The van der Waals surface area contributed by atoms with Crippen molar-refractivity contribution in [3.05, 3.63) is 29.3 Å². The number of fused-ring (bicyclic) bond motifs is 1. The van der Waals surface area contributed by atoms with Crippen LogP contribution in [0.15, 0.2) is 18.6 Å². The minimum atomic E-state index is -0.780. The van der Waals surface area contributed by atoms with E-state index in [0.29, 0.717) is 36.0 Å². The van der Waals surface area contributed by atoms with Crippen molar-refractivity contribution in [1.29, 1.82) is 0 Å². The number of carbonyl (C=O) groups excluding carboxylic acids is 1. The summed E-state index contributed by atoms with van der Waals surface area (Å²) in [5, 5.41) is 10.9. The van der Waals surface area contributed by atoms with E-state index >= 15 is 0 Å². The van der Waals surface area contributed by atoms with E-state index in [-0.39, 0.29) is 11.3 Å². The SMILES string of the molecule is CC1(C)CN(C(=O)c2cn3cc(Cl)cnc3n2)CC[C@@]1(C)O. The van der Waals surface area contributed by atoms with Gasteiger partial charge in [-0.25, -0.2) is 9.97 Å². The van der Waals surface area contributed by atoms with Crippen LogP contribution in [0.1, 0.15) is 37.7 Å². The van der Waals surface area contributed by atoms with E-state index < -0.39 is 5.60 Å². The van der Waals surface area contributed by atoms with Crippen LogP contribution in [-0.2, 0) is 0 Å². The van der Waals surface area contributed by atoms with Gasteiger partial charge in [0, 0.05) is 30.9 Å². The third-order valence-corrected chi connectivity index (χ3v) is 4.89. The number of aliphatic hydroxyl groups is 1. The normalized spacial score (nSPS) is 24.7. The summed E-state index contributed by atoms with van der Waals surface area (Å²) in [5.41, 5.74) is -0.813. The molecule has 2 aromatic heterocycles. The number of likely N-dealkylation sites (tertiary alicyclic amines) is 1. The van der Waals surface area contributed by atoms with Crippen molar-refractivity contribution >= 4 is 23.3 Å². The Labute approximate surface area is 133 Å².